The normalized spacial score (nSPS) is 20.3. The molecule has 188 valence electrons. The van der Waals surface area contributed by atoms with Crippen molar-refractivity contribution in [2.75, 3.05) is 26.3 Å². The molecule has 0 aromatic carbocycles. The third-order valence-electron chi connectivity index (χ3n) is 6.28. The predicted octanol–water partition coefficient (Wildman–Crippen LogP) is 3.79. The van der Waals surface area contributed by atoms with Crippen LogP contribution in [0.5, 0.6) is 5.88 Å². The zero-order valence-electron chi connectivity index (χ0n) is 20.9. The monoisotopic (exact) mass is 473 g/mol. The lowest BCUT2D eigenvalue weighted by atomic mass is 9.86. The van der Waals surface area contributed by atoms with Gasteiger partial charge in [0.2, 0.25) is 11.8 Å². The van der Waals surface area contributed by atoms with Gasteiger partial charge in [-0.05, 0) is 82.9 Å². The smallest absolute Gasteiger partial charge is 0.410 e. The fraction of sp³-hybridized carbons (Fsp3) is 0.654. The first-order chi connectivity index (χ1) is 16.1. The lowest BCUT2D eigenvalue weighted by molar-refractivity contribution is -0.126. The van der Waals surface area contributed by atoms with E-state index in [1.54, 1.807) is 11.8 Å². The van der Waals surface area contributed by atoms with E-state index in [9.17, 15) is 9.59 Å². The van der Waals surface area contributed by atoms with Crippen LogP contribution in [-0.2, 0) is 9.53 Å². The molecule has 1 aliphatic carbocycles. The number of amides is 2. The van der Waals surface area contributed by atoms with E-state index >= 15 is 0 Å². The Hall–Kier alpha value is -2.61. The molecule has 34 heavy (non-hydrogen) atoms. The fourth-order valence-corrected chi connectivity index (χ4v) is 4.21. The van der Waals surface area contributed by atoms with Gasteiger partial charge in [-0.2, -0.15) is 0 Å². The van der Waals surface area contributed by atoms with Crippen LogP contribution in [-0.4, -0.2) is 64.9 Å². The standard InChI is InChI=1S/C26H39N3O5/c1-18(16-30)28-24(31)21-7-5-20(6-8-21)22-9-10-23(27-15-22)33-17-19-11-13-29(14-12-19)25(32)34-26(2,3)4/h5,9-10,15,18-19,21,30H,6-8,11-14,16-17H2,1-4H3,(H,28,31)/t18-,21?/m0/s1. The number of nitrogens with zero attached hydrogens (tertiary/aromatic N) is 2. The summed E-state index contributed by atoms with van der Waals surface area (Å²) in [6.45, 7) is 9.33. The predicted molar refractivity (Wildman–Crippen MR) is 130 cm³/mol. The van der Waals surface area contributed by atoms with Crippen LogP contribution in [0.15, 0.2) is 24.4 Å². The van der Waals surface area contributed by atoms with Crippen molar-refractivity contribution in [3.05, 3.63) is 30.0 Å². The van der Waals surface area contributed by atoms with Gasteiger partial charge in [-0.1, -0.05) is 6.08 Å². The molecular formula is C26H39N3O5. The van der Waals surface area contributed by atoms with Gasteiger partial charge in [0.05, 0.1) is 13.2 Å². The van der Waals surface area contributed by atoms with E-state index in [1.807, 2.05) is 39.1 Å². The maximum absolute atomic E-state index is 12.3. The first kappa shape index (κ1) is 26.0. The molecule has 1 aromatic rings. The number of ether oxygens (including phenoxy) is 2. The molecule has 1 fully saturated rings. The molecule has 0 radical (unpaired) electrons. The van der Waals surface area contributed by atoms with E-state index in [2.05, 4.69) is 16.4 Å². The average molecular weight is 474 g/mol. The molecule has 3 rings (SSSR count). The molecular weight excluding hydrogens is 434 g/mol. The third-order valence-corrected chi connectivity index (χ3v) is 6.28. The molecule has 2 N–H and O–H groups in total. The number of piperidine rings is 1. The third kappa shape index (κ3) is 7.72. The lowest BCUT2D eigenvalue weighted by Gasteiger charge is -2.33. The number of rotatable bonds is 7. The Morgan fingerprint density at radius 1 is 1.24 bits per heavy atom. The molecule has 0 spiro atoms. The van der Waals surface area contributed by atoms with Gasteiger partial charge in [-0.15, -0.1) is 0 Å². The number of likely N-dealkylation sites (tertiary alicyclic amines) is 1. The fourth-order valence-electron chi connectivity index (χ4n) is 4.21. The van der Waals surface area contributed by atoms with Crippen molar-refractivity contribution in [3.8, 4) is 5.88 Å². The summed E-state index contributed by atoms with van der Waals surface area (Å²) >= 11 is 0. The molecule has 2 amide bonds. The quantitative estimate of drug-likeness (QED) is 0.625. The summed E-state index contributed by atoms with van der Waals surface area (Å²) in [5.74, 6) is 0.952. The van der Waals surface area contributed by atoms with Crippen LogP contribution in [0.25, 0.3) is 5.57 Å². The van der Waals surface area contributed by atoms with Gasteiger partial charge in [0, 0.05) is 37.3 Å². The molecule has 2 atom stereocenters. The first-order valence-corrected chi connectivity index (χ1v) is 12.3. The van der Waals surface area contributed by atoms with Crippen LogP contribution < -0.4 is 10.1 Å². The Labute approximate surface area is 202 Å². The molecule has 1 unspecified atom stereocenters. The van der Waals surface area contributed by atoms with Crippen LogP contribution in [0.2, 0.25) is 0 Å². The Morgan fingerprint density at radius 2 is 1.97 bits per heavy atom. The summed E-state index contributed by atoms with van der Waals surface area (Å²) in [6, 6.07) is 3.70. The van der Waals surface area contributed by atoms with E-state index in [0.29, 0.717) is 37.9 Å². The van der Waals surface area contributed by atoms with Crippen molar-refractivity contribution < 1.29 is 24.2 Å². The molecule has 2 aliphatic rings. The minimum Gasteiger partial charge on any atom is -0.477 e. The number of carbonyl (C=O) groups is 2. The number of aliphatic hydroxyl groups excluding tert-OH is 1. The minimum absolute atomic E-state index is 0.00986. The highest BCUT2D eigenvalue weighted by Crippen LogP contribution is 2.31. The number of aliphatic hydroxyl groups is 1. The molecule has 2 heterocycles. The number of aromatic nitrogens is 1. The van der Waals surface area contributed by atoms with Crippen LogP contribution in [0, 0.1) is 11.8 Å². The Kier molecular flexibility index (Phi) is 8.94. The summed E-state index contributed by atoms with van der Waals surface area (Å²) < 4.78 is 11.4. The van der Waals surface area contributed by atoms with Crippen molar-refractivity contribution in [1.82, 2.24) is 15.2 Å². The van der Waals surface area contributed by atoms with Crippen molar-refractivity contribution in [1.29, 1.82) is 0 Å². The van der Waals surface area contributed by atoms with Gasteiger partial charge in [-0.25, -0.2) is 9.78 Å². The van der Waals surface area contributed by atoms with Crippen LogP contribution in [0.4, 0.5) is 4.79 Å². The number of allylic oxidation sites excluding steroid dienone is 2. The molecule has 0 saturated carbocycles. The van der Waals surface area contributed by atoms with Crippen LogP contribution in [0.3, 0.4) is 0 Å². The molecule has 1 aromatic heterocycles. The van der Waals surface area contributed by atoms with Crippen molar-refractivity contribution in [3.63, 3.8) is 0 Å². The molecule has 1 saturated heterocycles. The Balaban J connectivity index is 1.42. The van der Waals surface area contributed by atoms with Gasteiger partial charge >= 0.3 is 6.09 Å². The number of hydrogen-bond acceptors (Lipinski definition) is 6. The van der Waals surface area contributed by atoms with Crippen LogP contribution >= 0.6 is 0 Å². The SMILES string of the molecule is C[C@@H](CO)NC(=O)C1CC=C(c2ccc(OCC3CCN(C(=O)OC(C)(C)C)CC3)nc2)CC1. The van der Waals surface area contributed by atoms with E-state index < -0.39 is 5.60 Å². The van der Waals surface area contributed by atoms with Gasteiger partial charge in [0.15, 0.2) is 0 Å². The second-order valence-corrected chi connectivity index (χ2v) is 10.4. The zero-order valence-corrected chi connectivity index (χ0v) is 20.9. The molecule has 1 aliphatic heterocycles. The maximum Gasteiger partial charge on any atom is 0.410 e. The van der Waals surface area contributed by atoms with E-state index in [1.165, 1.54) is 5.57 Å². The van der Waals surface area contributed by atoms with E-state index in [-0.39, 0.29) is 30.6 Å². The van der Waals surface area contributed by atoms with E-state index in [0.717, 1.165) is 31.2 Å². The summed E-state index contributed by atoms with van der Waals surface area (Å²) in [4.78, 5) is 30.7. The lowest BCUT2D eigenvalue weighted by Crippen LogP contribution is -2.42. The molecule has 0 bridgehead atoms. The largest absolute Gasteiger partial charge is 0.477 e. The Morgan fingerprint density at radius 3 is 2.53 bits per heavy atom. The number of hydrogen-bond donors (Lipinski definition) is 2. The topological polar surface area (TPSA) is 101 Å². The molecule has 8 heteroatoms. The van der Waals surface area contributed by atoms with Crippen molar-refractivity contribution >= 4 is 17.6 Å². The van der Waals surface area contributed by atoms with Gasteiger partial charge < -0.3 is 24.8 Å². The maximum atomic E-state index is 12.3. The Bertz CT molecular complexity index is 854. The number of carbonyl (C=O) groups excluding carboxylic acids is 2. The summed E-state index contributed by atoms with van der Waals surface area (Å²) in [5.41, 5.74) is 1.78. The van der Waals surface area contributed by atoms with Crippen LogP contribution in [0.1, 0.15) is 65.4 Å². The van der Waals surface area contributed by atoms with Gasteiger partial charge in [0.1, 0.15) is 5.60 Å². The average Bonchev–Trinajstić information content (AvgIpc) is 2.82. The highest BCUT2D eigenvalue weighted by molar-refractivity contribution is 5.80. The zero-order chi connectivity index (χ0) is 24.7. The summed E-state index contributed by atoms with van der Waals surface area (Å²) in [5, 5.41) is 12.0. The summed E-state index contributed by atoms with van der Waals surface area (Å²) in [6.07, 6.45) is 7.78. The minimum atomic E-state index is -0.474. The highest BCUT2D eigenvalue weighted by atomic mass is 16.6. The second kappa shape index (κ2) is 11.7. The van der Waals surface area contributed by atoms with Gasteiger partial charge in [-0.3, -0.25) is 4.79 Å². The first-order valence-electron chi connectivity index (χ1n) is 12.3. The molecule has 8 nitrogen and oxygen atoms in total. The van der Waals surface area contributed by atoms with Gasteiger partial charge in [0.25, 0.3) is 0 Å². The highest BCUT2D eigenvalue weighted by Gasteiger charge is 2.27. The number of nitrogens with one attached hydrogen (secondary N) is 1. The van der Waals surface area contributed by atoms with Crippen molar-refractivity contribution in [2.24, 2.45) is 11.8 Å². The van der Waals surface area contributed by atoms with Crippen molar-refractivity contribution in [2.45, 2.75) is 71.4 Å². The van der Waals surface area contributed by atoms with E-state index in [4.69, 9.17) is 14.6 Å². The second-order valence-electron chi connectivity index (χ2n) is 10.4. The number of pyridine rings is 1. The summed E-state index contributed by atoms with van der Waals surface area (Å²) in [7, 11) is 0.